The number of H-pyrrole nitrogens is 1. The van der Waals surface area contributed by atoms with E-state index < -0.39 is 0 Å². The molecule has 0 saturated heterocycles. The van der Waals surface area contributed by atoms with Crippen LogP contribution in [0.4, 0.5) is 5.00 Å². The van der Waals surface area contributed by atoms with Crippen LogP contribution in [0.1, 0.15) is 22.8 Å². The number of carbonyl (C=O) groups is 1. The van der Waals surface area contributed by atoms with E-state index in [-0.39, 0.29) is 5.91 Å². The fourth-order valence-electron chi connectivity index (χ4n) is 2.80. The third-order valence-corrected chi connectivity index (χ3v) is 5.19. The van der Waals surface area contributed by atoms with Crippen LogP contribution in [0.2, 0.25) is 5.15 Å². The van der Waals surface area contributed by atoms with Crippen molar-refractivity contribution in [2.45, 2.75) is 13.3 Å². The summed E-state index contributed by atoms with van der Waals surface area (Å²) in [5.41, 5.74) is 3.90. The van der Waals surface area contributed by atoms with Crippen LogP contribution in [0.15, 0.2) is 48.0 Å². The van der Waals surface area contributed by atoms with Gasteiger partial charge in [0, 0.05) is 11.8 Å². The first-order valence-electron chi connectivity index (χ1n) is 8.14. The molecule has 4 aromatic rings. The van der Waals surface area contributed by atoms with E-state index in [1.54, 1.807) is 18.3 Å². The number of nitrogens with zero attached hydrogens (tertiary/aromatic N) is 2. The SMILES string of the molecule is CCc1ccsc1NC(=O)c1cccc2[nH]c(-c3ccnc(Cl)c3)nc12. The molecule has 0 saturated carbocycles. The number of benzene rings is 1. The molecule has 130 valence electrons. The predicted molar refractivity (Wildman–Crippen MR) is 106 cm³/mol. The number of rotatable bonds is 4. The van der Waals surface area contributed by atoms with Crippen molar-refractivity contribution in [3.63, 3.8) is 0 Å². The second-order valence-corrected chi connectivity index (χ2v) is 7.04. The van der Waals surface area contributed by atoms with Crippen molar-refractivity contribution in [3.05, 3.63) is 64.3 Å². The van der Waals surface area contributed by atoms with Crippen molar-refractivity contribution in [3.8, 4) is 11.4 Å². The topological polar surface area (TPSA) is 70.7 Å². The number of hydrogen-bond donors (Lipinski definition) is 2. The zero-order chi connectivity index (χ0) is 18.1. The predicted octanol–water partition coefficient (Wildman–Crippen LogP) is 5.15. The smallest absolute Gasteiger partial charge is 0.258 e. The van der Waals surface area contributed by atoms with Gasteiger partial charge >= 0.3 is 0 Å². The minimum absolute atomic E-state index is 0.168. The molecule has 0 bridgehead atoms. The van der Waals surface area contributed by atoms with E-state index >= 15 is 0 Å². The first-order valence-corrected chi connectivity index (χ1v) is 9.40. The first kappa shape index (κ1) is 16.8. The summed E-state index contributed by atoms with van der Waals surface area (Å²) in [6, 6.07) is 11.1. The number of imidazole rings is 1. The van der Waals surface area contributed by atoms with E-state index in [1.165, 1.54) is 11.3 Å². The number of fused-ring (bicyclic) bond motifs is 1. The van der Waals surface area contributed by atoms with E-state index in [2.05, 4.69) is 27.2 Å². The monoisotopic (exact) mass is 382 g/mol. The summed E-state index contributed by atoms with van der Waals surface area (Å²) in [4.78, 5) is 24.6. The van der Waals surface area contributed by atoms with Gasteiger partial charge in [0.25, 0.3) is 5.91 Å². The second kappa shape index (κ2) is 6.90. The van der Waals surface area contributed by atoms with Crippen LogP contribution in [0.5, 0.6) is 0 Å². The van der Waals surface area contributed by atoms with Crippen LogP contribution in [-0.2, 0) is 6.42 Å². The van der Waals surface area contributed by atoms with Gasteiger partial charge in [0.05, 0.1) is 16.1 Å². The molecule has 26 heavy (non-hydrogen) atoms. The molecule has 7 heteroatoms. The third kappa shape index (κ3) is 3.09. The van der Waals surface area contributed by atoms with Gasteiger partial charge in [-0.05, 0) is 47.7 Å². The Kier molecular flexibility index (Phi) is 4.44. The molecule has 3 heterocycles. The molecule has 0 aliphatic heterocycles. The van der Waals surface area contributed by atoms with Crippen molar-refractivity contribution < 1.29 is 4.79 Å². The second-order valence-electron chi connectivity index (χ2n) is 5.74. The number of nitrogens with one attached hydrogen (secondary N) is 2. The normalized spacial score (nSPS) is 11.0. The lowest BCUT2D eigenvalue weighted by molar-refractivity contribution is 0.102. The number of anilines is 1. The summed E-state index contributed by atoms with van der Waals surface area (Å²) in [6.45, 7) is 2.07. The van der Waals surface area contributed by atoms with Gasteiger partial charge in [-0.2, -0.15) is 0 Å². The van der Waals surface area contributed by atoms with Gasteiger partial charge in [-0.15, -0.1) is 11.3 Å². The molecular formula is C19H15ClN4OS. The Bertz CT molecular complexity index is 1100. The van der Waals surface area contributed by atoms with Gasteiger partial charge in [-0.3, -0.25) is 4.79 Å². The van der Waals surface area contributed by atoms with Gasteiger partial charge in [0.15, 0.2) is 0 Å². The molecule has 1 aromatic carbocycles. The van der Waals surface area contributed by atoms with Crippen molar-refractivity contribution in [2.24, 2.45) is 0 Å². The third-order valence-electron chi connectivity index (χ3n) is 4.11. The number of thiophene rings is 1. The van der Waals surface area contributed by atoms with Crippen LogP contribution in [-0.4, -0.2) is 20.9 Å². The van der Waals surface area contributed by atoms with Crippen LogP contribution in [0, 0.1) is 0 Å². The number of aromatic nitrogens is 3. The molecule has 3 aromatic heterocycles. The summed E-state index contributed by atoms with van der Waals surface area (Å²) in [5.74, 6) is 0.480. The van der Waals surface area contributed by atoms with Gasteiger partial charge in [0.2, 0.25) is 0 Å². The fraction of sp³-hybridized carbons (Fsp3) is 0.105. The van der Waals surface area contributed by atoms with Gasteiger partial charge < -0.3 is 10.3 Å². The van der Waals surface area contributed by atoms with E-state index in [4.69, 9.17) is 11.6 Å². The molecule has 0 aliphatic rings. The van der Waals surface area contributed by atoms with Crippen molar-refractivity contribution in [1.82, 2.24) is 15.0 Å². The quantitative estimate of drug-likeness (QED) is 0.479. The zero-order valence-electron chi connectivity index (χ0n) is 13.9. The molecular weight excluding hydrogens is 368 g/mol. The molecule has 0 fully saturated rings. The number of halogens is 1. The summed E-state index contributed by atoms with van der Waals surface area (Å²) >= 11 is 7.49. The molecule has 0 radical (unpaired) electrons. The van der Waals surface area contributed by atoms with Gasteiger partial charge in [-0.1, -0.05) is 24.6 Å². The molecule has 0 atom stereocenters. The maximum absolute atomic E-state index is 12.8. The minimum Gasteiger partial charge on any atom is -0.338 e. The van der Waals surface area contributed by atoms with Crippen LogP contribution in [0.3, 0.4) is 0 Å². The molecule has 0 unspecified atom stereocenters. The number of para-hydroxylation sites is 1. The number of aromatic amines is 1. The molecule has 1 amide bonds. The van der Waals surface area contributed by atoms with Crippen molar-refractivity contribution in [1.29, 1.82) is 0 Å². The highest BCUT2D eigenvalue weighted by Gasteiger charge is 2.16. The summed E-state index contributed by atoms with van der Waals surface area (Å²) in [5, 5.41) is 6.26. The first-order chi connectivity index (χ1) is 12.7. The van der Waals surface area contributed by atoms with Crippen LogP contribution in [0.25, 0.3) is 22.4 Å². The van der Waals surface area contributed by atoms with Gasteiger partial charge in [-0.25, -0.2) is 9.97 Å². The van der Waals surface area contributed by atoms with E-state index in [1.807, 2.05) is 29.6 Å². The molecule has 0 spiro atoms. The zero-order valence-corrected chi connectivity index (χ0v) is 15.5. The lowest BCUT2D eigenvalue weighted by Gasteiger charge is -2.05. The summed E-state index contributed by atoms with van der Waals surface area (Å²) in [6.07, 6.45) is 2.50. The number of pyridine rings is 1. The average Bonchev–Trinajstić information content (AvgIpc) is 3.27. The minimum atomic E-state index is -0.168. The highest BCUT2D eigenvalue weighted by molar-refractivity contribution is 7.14. The lowest BCUT2D eigenvalue weighted by atomic mass is 10.1. The number of hydrogen-bond acceptors (Lipinski definition) is 4. The highest BCUT2D eigenvalue weighted by atomic mass is 35.5. The Morgan fingerprint density at radius 3 is 3.00 bits per heavy atom. The summed E-state index contributed by atoms with van der Waals surface area (Å²) in [7, 11) is 0. The van der Waals surface area contributed by atoms with Crippen LogP contribution >= 0.6 is 22.9 Å². The maximum atomic E-state index is 12.8. The largest absolute Gasteiger partial charge is 0.338 e. The standard InChI is InChI=1S/C19H15ClN4OS/c1-2-11-7-9-26-19(11)24-18(25)13-4-3-5-14-16(13)23-17(22-14)12-6-8-21-15(20)10-12/h3-10H,2H2,1H3,(H,22,23)(H,24,25). The van der Waals surface area contributed by atoms with E-state index in [0.29, 0.717) is 22.1 Å². The number of carbonyl (C=O) groups excluding carboxylic acids is 1. The molecule has 2 N–H and O–H groups in total. The highest BCUT2D eigenvalue weighted by Crippen LogP contribution is 2.27. The Morgan fingerprint density at radius 2 is 2.19 bits per heavy atom. The van der Waals surface area contributed by atoms with Crippen LogP contribution < -0.4 is 5.32 Å². The Hall–Kier alpha value is -2.70. The van der Waals surface area contributed by atoms with E-state index in [9.17, 15) is 4.79 Å². The van der Waals surface area contributed by atoms with Gasteiger partial charge in [0.1, 0.15) is 16.5 Å². The molecule has 4 rings (SSSR count). The van der Waals surface area contributed by atoms with E-state index in [0.717, 1.165) is 28.1 Å². The fourth-order valence-corrected chi connectivity index (χ4v) is 3.85. The Morgan fingerprint density at radius 1 is 1.31 bits per heavy atom. The van der Waals surface area contributed by atoms with Crippen molar-refractivity contribution >= 4 is 44.9 Å². The maximum Gasteiger partial charge on any atom is 0.258 e. The average molecular weight is 383 g/mol. The molecule has 0 aliphatic carbocycles. The Labute approximate surface area is 159 Å². The Balaban J connectivity index is 1.73. The number of amides is 1. The number of aryl methyl sites for hydroxylation is 1. The van der Waals surface area contributed by atoms with Crippen molar-refractivity contribution in [2.75, 3.05) is 5.32 Å². The molecule has 5 nitrogen and oxygen atoms in total. The summed E-state index contributed by atoms with van der Waals surface area (Å²) < 4.78 is 0. The lowest BCUT2D eigenvalue weighted by Crippen LogP contribution is -2.12.